The lowest BCUT2D eigenvalue weighted by atomic mass is 10.1. The average molecular weight is 446 g/mol. The van der Waals surface area contributed by atoms with E-state index < -0.39 is 0 Å². The number of rotatable bonds is 5. The SMILES string of the molecule is O=c1c2c3nc4ccccc4nc3n(N=Cc3ccccc3)c2[nH+]cn1CCc1ccccc1. The second-order valence-corrected chi connectivity index (χ2v) is 8.08. The van der Waals surface area contributed by atoms with Gasteiger partial charge in [0, 0.05) is 6.42 Å². The first-order chi connectivity index (χ1) is 16.8. The molecule has 0 radical (unpaired) electrons. The van der Waals surface area contributed by atoms with Gasteiger partial charge >= 0.3 is 5.56 Å². The first kappa shape index (κ1) is 20.0. The first-order valence-corrected chi connectivity index (χ1v) is 11.1. The maximum Gasteiger partial charge on any atom is 0.322 e. The van der Waals surface area contributed by atoms with E-state index >= 15 is 0 Å². The van der Waals surface area contributed by atoms with E-state index in [0.717, 1.165) is 23.0 Å². The van der Waals surface area contributed by atoms with Gasteiger partial charge in [-0.3, -0.25) is 0 Å². The molecule has 6 aromatic rings. The van der Waals surface area contributed by atoms with Gasteiger partial charge in [0.2, 0.25) is 5.65 Å². The molecule has 0 saturated carbocycles. The molecule has 3 aromatic heterocycles. The Kier molecular flexibility index (Phi) is 4.92. The Morgan fingerprint density at radius 3 is 2.29 bits per heavy atom. The molecule has 0 saturated heterocycles. The van der Waals surface area contributed by atoms with Crippen molar-refractivity contribution in [3.05, 3.63) is 113 Å². The van der Waals surface area contributed by atoms with Gasteiger partial charge in [-0.15, -0.1) is 9.78 Å². The number of hydrogen-bond donors (Lipinski definition) is 0. The normalized spacial score (nSPS) is 11.8. The Bertz CT molecular complexity index is 1720. The molecular weight excluding hydrogens is 424 g/mol. The van der Waals surface area contributed by atoms with E-state index in [1.807, 2.05) is 72.8 Å². The first-order valence-electron chi connectivity index (χ1n) is 11.1. The third-order valence-electron chi connectivity index (χ3n) is 5.88. The van der Waals surface area contributed by atoms with Crippen LogP contribution in [0.1, 0.15) is 11.1 Å². The highest BCUT2D eigenvalue weighted by molar-refractivity contribution is 6.03. The quantitative estimate of drug-likeness (QED) is 0.378. The molecular formula is C27H21N6O+. The standard InChI is InChI=1S/C27H20N6O/c34-27-23-24-26(31-22-14-8-7-13-21(22)30-24)33(29-17-20-11-5-2-6-12-20)25(23)28-18-32(27)16-15-19-9-3-1-4-10-19/h1-14,17-18H,15-16H2/p+1. The van der Waals surface area contributed by atoms with E-state index in [0.29, 0.717) is 28.7 Å². The number of H-pyrrole nitrogens is 1. The van der Waals surface area contributed by atoms with Crippen molar-refractivity contribution < 1.29 is 4.98 Å². The number of hydrogen-bond acceptors (Lipinski definition) is 4. The van der Waals surface area contributed by atoms with Crippen LogP contribution < -0.4 is 10.5 Å². The summed E-state index contributed by atoms with van der Waals surface area (Å²) in [6.07, 6.45) is 4.21. The summed E-state index contributed by atoms with van der Waals surface area (Å²) in [6.45, 7) is 0.552. The van der Waals surface area contributed by atoms with Crippen LogP contribution in [0.5, 0.6) is 0 Å². The molecule has 0 aliphatic rings. The fourth-order valence-electron chi connectivity index (χ4n) is 4.14. The molecule has 0 atom stereocenters. The zero-order valence-corrected chi connectivity index (χ0v) is 18.3. The second-order valence-electron chi connectivity index (χ2n) is 8.08. The monoisotopic (exact) mass is 445 g/mol. The van der Waals surface area contributed by atoms with Crippen molar-refractivity contribution in [1.29, 1.82) is 0 Å². The fraction of sp³-hybridized carbons (Fsp3) is 0.0741. The summed E-state index contributed by atoms with van der Waals surface area (Å²) in [4.78, 5) is 26.5. The van der Waals surface area contributed by atoms with Crippen LogP contribution in [0.15, 0.2) is 101 Å². The molecule has 0 spiro atoms. The van der Waals surface area contributed by atoms with Crippen LogP contribution in [0.3, 0.4) is 0 Å². The minimum Gasteiger partial charge on any atom is -0.250 e. The van der Waals surface area contributed by atoms with Crippen molar-refractivity contribution in [3.8, 4) is 0 Å². The van der Waals surface area contributed by atoms with Crippen LogP contribution in [-0.4, -0.2) is 25.4 Å². The number of fused-ring (bicyclic) bond motifs is 4. The van der Waals surface area contributed by atoms with E-state index in [9.17, 15) is 4.79 Å². The van der Waals surface area contributed by atoms with Crippen molar-refractivity contribution in [3.63, 3.8) is 0 Å². The summed E-state index contributed by atoms with van der Waals surface area (Å²) < 4.78 is 3.36. The molecule has 164 valence electrons. The van der Waals surface area contributed by atoms with E-state index in [4.69, 9.17) is 9.97 Å². The van der Waals surface area contributed by atoms with Gasteiger partial charge in [-0.25, -0.2) is 24.3 Å². The van der Waals surface area contributed by atoms with Gasteiger partial charge in [0.25, 0.3) is 5.65 Å². The molecule has 0 aliphatic carbocycles. The van der Waals surface area contributed by atoms with Gasteiger partial charge in [-0.05, 0) is 23.3 Å². The lowest BCUT2D eigenvalue weighted by Gasteiger charge is -2.01. The van der Waals surface area contributed by atoms with Gasteiger partial charge in [0.15, 0.2) is 11.7 Å². The van der Waals surface area contributed by atoms with E-state index in [-0.39, 0.29) is 5.56 Å². The molecule has 7 heteroatoms. The summed E-state index contributed by atoms with van der Waals surface area (Å²) in [5.74, 6) is 0. The van der Waals surface area contributed by atoms with Crippen LogP contribution in [0, 0.1) is 0 Å². The zero-order chi connectivity index (χ0) is 22.9. The Labute approximate surface area is 194 Å². The van der Waals surface area contributed by atoms with Crippen LogP contribution in [0.25, 0.3) is 33.2 Å². The minimum absolute atomic E-state index is 0.118. The fourth-order valence-corrected chi connectivity index (χ4v) is 4.14. The summed E-state index contributed by atoms with van der Waals surface area (Å²) in [7, 11) is 0. The van der Waals surface area contributed by atoms with Crippen molar-refractivity contribution in [2.45, 2.75) is 13.0 Å². The third-order valence-corrected chi connectivity index (χ3v) is 5.88. The highest BCUT2D eigenvalue weighted by atomic mass is 16.1. The van der Waals surface area contributed by atoms with E-state index in [1.54, 1.807) is 21.8 Å². The molecule has 0 unspecified atom stereocenters. The average Bonchev–Trinajstić information content (AvgIpc) is 3.20. The summed E-state index contributed by atoms with van der Waals surface area (Å²) in [6, 6.07) is 27.6. The number of aryl methyl sites for hydroxylation is 2. The van der Waals surface area contributed by atoms with Gasteiger partial charge in [-0.1, -0.05) is 72.8 Å². The number of aromatic nitrogens is 5. The Morgan fingerprint density at radius 2 is 1.53 bits per heavy atom. The zero-order valence-electron chi connectivity index (χ0n) is 18.3. The highest BCUT2D eigenvalue weighted by Crippen LogP contribution is 2.23. The Hall–Kier alpha value is -4.65. The summed E-state index contributed by atoms with van der Waals surface area (Å²) >= 11 is 0. The lowest BCUT2D eigenvalue weighted by Crippen LogP contribution is -2.27. The molecule has 0 aliphatic heterocycles. The molecule has 0 fully saturated rings. The predicted molar refractivity (Wildman–Crippen MR) is 133 cm³/mol. The van der Waals surface area contributed by atoms with Gasteiger partial charge in [0.1, 0.15) is 5.52 Å². The predicted octanol–water partition coefficient (Wildman–Crippen LogP) is 3.84. The van der Waals surface area contributed by atoms with Crippen molar-refractivity contribution in [2.24, 2.45) is 5.10 Å². The van der Waals surface area contributed by atoms with Crippen LogP contribution in [-0.2, 0) is 13.0 Å². The maximum atomic E-state index is 13.6. The maximum absolute atomic E-state index is 13.6. The highest BCUT2D eigenvalue weighted by Gasteiger charge is 2.24. The molecule has 1 N–H and O–H groups in total. The second kappa shape index (κ2) is 8.37. The topological polar surface area (TPSA) is 79.2 Å². The van der Waals surface area contributed by atoms with Crippen molar-refractivity contribution in [1.82, 2.24) is 19.2 Å². The molecule has 0 amide bonds. The van der Waals surface area contributed by atoms with Gasteiger partial charge in [-0.2, -0.15) is 0 Å². The molecule has 34 heavy (non-hydrogen) atoms. The number of benzene rings is 3. The minimum atomic E-state index is -0.118. The van der Waals surface area contributed by atoms with E-state index in [1.165, 1.54) is 5.56 Å². The lowest BCUT2D eigenvalue weighted by molar-refractivity contribution is -0.357. The molecule has 7 nitrogen and oxygen atoms in total. The van der Waals surface area contributed by atoms with Crippen LogP contribution in [0.2, 0.25) is 0 Å². The Morgan fingerprint density at radius 1 is 0.853 bits per heavy atom. The molecule has 3 heterocycles. The molecule has 6 rings (SSSR count). The summed E-state index contributed by atoms with van der Waals surface area (Å²) in [5.41, 5.74) is 5.13. The van der Waals surface area contributed by atoms with Crippen molar-refractivity contribution in [2.75, 3.05) is 0 Å². The smallest absolute Gasteiger partial charge is 0.250 e. The number of para-hydroxylation sites is 2. The van der Waals surface area contributed by atoms with Crippen LogP contribution >= 0.6 is 0 Å². The number of nitrogens with one attached hydrogen (secondary N) is 1. The number of nitrogens with zero attached hydrogens (tertiary/aromatic N) is 5. The van der Waals surface area contributed by atoms with Crippen molar-refractivity contribution >= 4 is 39.4 Å². The van der Waals surface area contributed by atoms with Gasteiger partial charge < -0.3 is 0 Å². The summed E-state index contributed by atoms with van der Waals surface area (Å²) in [5, 5.41) is 5.15. The largest absolute Gasteiger partial charge is 0.322 e. The Balaban J connectivity index is 1.55. The van der Waals surface area contributed by atoms with Gasteiger partial charge in [0.05, 0.1) is 23.8 Å². The van der Waals surface area contributed by atoms with Crippen LogP contribution in [0.4, 0.5) is 0 Å². The number of aromatic amines is 1. The van der Waals surface area contributed by atoms with E-state index in [2.05, 4.69) is 22.2 Å². The third kappa shape index (κ3) is 3.53. The molecule has 0 bridgehead atoms. The molecule has 3 aromatic carbocycles.